The number of hydrogen-bond donors (Lipinski definition) is 0. The van der Waals surface area contributed by atoms with E-state index in [0.717, 1.165) is 11.2 Å². The second-order valence-corrected chi connectivity index (χ2v) is 6.61. The van der Waals surface area contributed by atoms with Gasteiger partial charge < -0.3 is 9.15 Å². The molecule has 5 rings (SSSR count). The summed E-state index contributed by atoms with van der Waals surface area (Å²) < 4.78 is 11.7. The first kappa shape index (κ1) is 11.8. The molecule has 4 bridgehead atoms. The normalized spacial score (nSPS) is 28.0. The van der Waals surface area contributed by atoms with E-state index in [4.69, 9.17) is 9.15 Å². The van der Waals surface area contributed by atoms with Gasteiger partial charge in [-0.15, -0.1) is 0 Å². The predicted molar refractivity (Wildman–Crippen MR) is 82.8 cm³/mol. The average Bonchev–Trinajstić information content (AvgIpc) is 3.26. The Hall–Kier alpha value is -1.80. The Balaban J connectivity index is 1.59. The summed E-state index contributed by atoms with van der Waals surface area (Å²) >= 11 is 0. The zero-order valence-corrected chi connectivity index (χ0v) is 12.1. The summed E-state index contributed by atoms with van der Waals surface area (Å²) in [4.78, 5) is 0. The summed E-state index contributed by atoms with van der Waals surface area (Å²) in [7, 11) is 0. The van der Waals surface area contributed by atoms with Crippen LogP contribution >= 0.6 is 0 Å². The van der Waals surface area contributed by atoms with Crippen LogP contribution in [0.4, 0.5) is 0 Å². The van der Waals surface area contributed by atoms with Crippen molar-refractivity contribution in [2.75, 3.05) is 0 Å². The Morgan fingerprint density at radius 2 is 2.00 bits per heavy atom. The van der Waals surface area contributed by atoms with Crippen LogP contribution in [0.3, 0.4) is 0 Å². The zero-order valence-electron chi connectivity index (χ0n) is 12.1. The molecule has 2 heteroatoms. The number of furan rings is 2. The average molecular weight is 278 g/mol. The van der Waals surface area contributed by atoms with Crippen molar-refractivity contribution >= 4 is 11.2 Å². The van der Waals surface area contributed by atoms with Crippen LogP contribution in [0.2, 0.25) is 0 Å². The first-order chi connectivity index (χ1) is 10.3. The SMILES string of the molecule is Cc1cc(-c2cc3ccc2o3)cc(C2CC3CCC2O3)c1. The summed E-state index contributed by atoms with van der Waals surface area (Å²) in [6.45, 7) is 2.18. The quantitative estimate of drug-likeness (QED) is 0.666. The van der Waals surface area contributed by atoms with Crippen molar-refractivity contribution in [2.24, 2.45) is 0 Å². The standard InChI is InChI=1S/C19H18O2/c1-11-6-12(16-9-14-2-4-18(16)20-14)8-13(7-11)17-10-15-3-5-19(17)21-15/h2,4,6-9,15,17,19H,3,5,10H2,1H3. The van der Waals surface area contributed by atoms with Gasteiger partial charge in [0.25, 0.3) is 0 Å². The third-order valence-electron chi connectivity index (χ3n) is 5.12. The highest BCUT2D eigenvalue weighted by molar-refractivity contribution is 5.85. The van der Waals surface area contributed by atoms with Crippen LogP contribution in [0.5, 0.6) is 0 Å². The minimum Gasteiger partial charge on any atom is -0.457 e. The van der Waals surface area contributed by atoms with Gasteiger partial charge in [-0.3, -0.25) is 0 Å². The second kappa shape index (κ2) is 4.11. The highest BCUT2D eigenvalue weighted by Gasteiger charge is 2.41. The molecule has 0 N–H and O–H groups in total. The van der Waals surface area contributed by atoms with Crippen molar-refractivity contribution in [3.05, 3.63) is 47.5 Å². The van der Waals surface area contributed by atoms with Crippen molar-refractivity contribution in [3.8, 4) is 11.1 Å². The molecule has 0 spiro atoms. The molecule has 2 nitrogen and oxygen atoms in total. The summed E-state index contributed by atoms with van der Waals surface area (Å²) in [6.07, 6.45) is 4.61. The van der Waals surface area contributed by atoms with Gasteiger partial charge in [0.05, 0.1) is 12.2 Å². The van der Waals surface area contributed by atoms with Crippen LogP contribution in [0.25, 0.3) is 22.3 Å². The maximum Gasteiger partial charge on any atom is 0.135 e. The van der Waals surface area contributed by atoms with Gasteiger partial charge in [-0.25, -0.2) is 0 Å². The number of fused-ring (bicyclic) bond motifs is 4. The van der Waals surface area contributed by atoms with Crippen LogP contribution in [-0.2, 0) is 4.74 Å². The van der Waals surface area contributed by atoms with E-state index < -0.39 is 0 Å². The lowest BCUT2D eigenvalue weighted by molar-refractivity contribution is 0.101. The van der Waals surface area contributed by atoms with Gasteiger partial charge in [-0.2, -0.15) is 0 Å². The highest BCUT2D eigenvalue weighted by Crippen LogP contribution is 2.45. The van der Waals surface area contributed by atoms with Crippen molar-refractivity contribution < 1.29 is 9.15 Å². The third-order valence-corrected chi connectivity index (χ3v) is 5.12. The fourth-order valence-corrected chi connectivity index (χ4v) is 4.19. The second-order valence-electron chi connectivity index (χ2n) is 6.61. The molecule has 4 heterocycles. The molecule has 0 radical (unpaired) electrons. The van der Waals surface area contributed by atoms with Crippen LogP contribution in [0.1, 0.15) is 36.3 Å². The van der Waals surface area contributed by atoms with E-state index in [1.54, 1.807) is 0 Å². The largest absolute Gasteiger partial charge is 0.457 e. The van der Waals surface area contributed by atoms with Gasteiger partial charge in [-0.05, 0) is 55.5 Å². The van der Waals surface area contributed by atoms with Crippen molar-refractivity contribution in [1.29, 1.82) is 0 Å². The van der Waals surface area contributed by atoms with E-state index in [9.17, 15) is 0 Å². The molecule has 21 heavy (non-hydrogen) atoms. The molecular formula is C19H18O2. The van der Waals surface area contributed by atoms with Crippen LogP contribution in [-0.4, -0.2) is 12.2 Å². The van der Waals surface area contributed by atoms with Crippen molar-refractivity contribution in [2.45, 2.75) is 44.3 Å². The van der Waals surface area contributed by atoms with Gasteiger partial charge in [0, 0.05) is 11.5 Å². The minimum absolute atomic E-state index is 0.442. The highest BCUT2D eigenvalue weighted by atomic mass is 16.5. The van der Waals surface area contributed by atoms with Crippen molar-refractivity contribution in [3.63, 3.8) is 0 Å². The third kappa shape index (κ3) is 1.75. The maximum absolute atomic E-state index is 6.03. The molecule has 0 saturated carbocycles. The molecule has 0 aliphatic carbocycles. The molecule has 106 valence electrons. The summed E-state index contributed by atoms with van der Waals surface area (Å²) in [5.74, 6) is 0.579. The van der Waals surface area contributed by atoms with E-state index >= 15 is 0 Å². The Morgan fingerprint density at radius 1 is 1.05 bits per heavy atom. The van der Waals surface area contributed by atoms with Gasteiger partial charge in [0.15, 0.2) is 0 Å². The number of ether oxygens (including phenoxy) is 1. The zero-order chi connectivity index (χ0) is 14.0. The summed E-state index contributed by atoms with van der Waals surface area (Å²) in [6, 6.07) is 13.2. The monoisotopic (exact) mass is 278 g/mol. The van der Waals surface area contributed by atoms with Gasteiger partial charge >= 0.3 is 0 Å². The predicted octanol–water partition coefficient (Wildman–Crippen LogP) is 4.88. The fourth-order valence-electron chi connectivity index (χ4n) is 4.19. The van der Waals surface area contributed by atoms with Gasteiger partial charge in [0.1, 0.15) is 11.2 Å². The number of aryl methyl sites for hydroxylation is 1. The Kier molecular flexibility index (Phi) is 2.31. The van der Waals surface area contributed by atoms with E-state index in [0.29, 0.717) is 18.1 Å². The van der Waals surface area contributed by atoms with Crippen LogP contribution in [0.15, 0.2) is 40.8 Å². The smallest absolute Gasteiger partial charge is 0.135 e. The molecule has 2 fully saturated rings. The first-order valence-corrected chi connectivity index (χ1v) is 7.85. The lowest BCUT2D eigenvalue weighted by atomic mass is 9.82. The fraction of sp³-hybridized carbons (Fsp3) is 0.368. The lowest BCUT2D eigenvalue weighted by Gasteiger charge is -2.20. The van der Waals surface area contributed by atoms with Crippen molar-refractivity contribution in [1.82, 2.24) is 0 Å². The molecule has 2 aromatic heterocycles. The van der Waals surface area contributed by atoms with Gasteiger partial charge in [0.2, 0.25) is 0 Å². The molecule has 3 aromatic rings. The van der Waals surface area contributed by atoms with Crippen LogP contribution < -0.4 is 0 Å². The van der Waals surface area contributed by atoms with E-state index in [2.05, 4.69) is 37.3 Å². The summed E-state index contributed by atoms with van der Waals surface area (Å²) in [5, 5.41) is 0. The van der Waals surface area contributed by atoms with E-state index in [1.165, 1.54) is 41.5 Å². The minimum atomic E-state index is 0.442. The van der Waals surface area contributed by atoms with E-state index in [1.807, 2.05) is 6.07 Å². The molecule has 2 aliphatic heterocycles. The topological polar surface area (TPSA) is 22.4 Å². The van der Waals surface area contributed by atoms with E-state index in [-0.39, 0.29) is 0 Å². The lowest BCUT2D eigenvalue weighted by Crippen LogP contribution is -2.14. The molecule has 2 saturated heterocycles. The molecule has 0 amide bonds. The number of benzene rings is 2. The Labute approximate surface area is 124 Å². The molecule has 1 aromatic carbocycles. The molecular weight excluding hydrogens is 260 g/mol. The summed E-state index contributed by atoms with van der Waals surface area (Å²) in [5.41, 5.74) is 7.22. The molecule has 2 aliphatic rings. The van der Waals surface area contributed by atoms with Crippen LogP contribution in [0, 0.1) is 6.92 Å². The number of hydrogen-bond acceptors (Lipinski definition) is 2. The Morgan fingerprint density at radius 3 is 2.67 bits per heavy atom. The molecule has 3 unspecified atom stereocenters. The van der Waals surface area contributed by atoms with Gasteiger partial charge in [-0.1, -0.05) is 23.8 Å². The maximum atomic E-state index is 6.03. The number of rotatable bonds is 2. The Bertz CT molecular complexity index is 801. The first-order valence-electron chi connectivity index (χ1n) is 7.85. The molecule has 3 atom stereocenters.